The molecule has 0 aliphatic heterocycles. The summed E-state index contributed by atoms with van der Waals surface area (Å²) in [5.74, 6) is 0. The monoisotopic (exact) mass is 259 g/mol. The second kappa shape index (κ2) is 9.91. The topological polar surface area (TPSA) is 56.8 Å². The van der Waals surface area contributed by atoms with Crippen LogP contribution in [0.15, 0.2) is 12.7 Å². The van der Waals surface area contributed by atoms with Crippen molar-refractivity contribution in [1.82, 2.24) is 5.32 Å². The molecule has 0 fully saturated rings. The summed E-state index contributed by atoms with van der Waals surface area (Å²) in [7, 11) is 1.53. The van der Waals surface area contributed by atoms with E-state index in [1.54, 1.807) is 6.08 Å². The van der Waals surface area contributed by atoms with Crippen molar-refractivity contribution >= 4 is 6.09 Å². The molecule has 5 heteroatoms. The molecule has 0 rings (SSSR count). The van der Waals surface area contributed by atoms with Gasteiger partial charge in [-0.1, -0.05) is 13.0 Å². The van der Waals surface area contributed by atoms with Gasteiger partial charge in [0.15, 0.2) is 0 Å². The minimum atomic E-state index is -0.437. The molecule has 0 heterocycles. The van der Waals surface area contributed by atoms with Crippen LogP contribution in [-0.4, -0.2) is 46.2 Å². The van der Waals surface area contributed by atoms with Gasteiger partial charge < -0.3 is 19.5 Å². The van der Waals surface area contributed by atoms with Crippen molar-refractivity contribution in [2.24, 2.45) is 5.41 Å². The summed E-state index contributed by atoms with van der Waals surface area (Å²) in [5.41, 5.74) is -0.300. The lowest BCUT2D eigenvalue weighted by Gasteiger charge is -2.31. The maximum Gasteiger partial charge on any atom is 0.406 e. The van der Waals surface area contributed by atoms with Crippen molar-refractivity contribution in [3.05, 3.63) is 12.7 Å². The van der Waals surface area contributed by atoms with E-state index in [9.17, 15) is 4.79 Å². The first-order valence-corrected chi connectivity index (χ1v) is 6.25. The van der Waals surface area contributed by atoms with Crippen LogP contribution in [0.2, 0.25) is 0 Å². The fourth-order valence-electron chi connectivity index (χ4n) is 1.40. The minimum Gasteiger partial charge on any atom is -0.449 e. The number of hydrogen-bond acceptors (Lipinski definition) is 4. The molecule has 1 unspecified atom stereocenters. The van der Waals surface area contributed by atoms with Crippen molar-refractivity contribution < 1.29 is 19.0 Å². The van der Waals surface area contributed by atoms with Gasteiger partial charge in [0, 0.05) is 13.7 Å². The van der Waals surface area contributed by atoms with Gasteiger partial charge in [-0.15, -0.1) is 6.58 Å². The number of nitrogens with one attached hydrogen (secondary N) is 1. The zero-order chi connectivity index (χ0) is 13.9. The first-order valence-electron chi connectivity index (χ1n) is 6.25. The number of carbonyl (C=O) groups excluding carboxylic acids is 1. The van der Waals surface area contributed by atoms with Crippen molar-refractivity contribution in [2.75, 3.05) is 40.1 Å². The SMILES string of the molecule is C=CCOCC(CC)(COCC)COC(=O)NC. The Morgan fingerprint density at radius 2 is 1.94 bits per heavy atom. The highest BCUT2D eigenvalue weighted by Gasteiger charge is 2.31. The molecule has 0 saturated carbocycles. The normalized spacial score (nSPS) is 13.7. The van der Waals surface area contributed by atoms with E-state index in [-0.39, 0.29) is 12.0 Å². The number of hydrogen-bond donors (Lipinski definition) is 1. The van der Waals surface area contributed by atoms with Gasteiger partial charge >= 0.3 is 6.09 Å². The van der Waals surface area contributed by atoms with E-state index in [0.717, 1.165) is 6.42 Å². The molecule has 0 bridgehead atoms. The van der Waals surface area contributed by atoms with Gasteiger partial charge in [-0.05, 0) is 13.3 Å². The molecule has 5 nitrogen and oxygen atoms in total. The van der Waals surface area contributed by atoms with Crippen molar-refractivity contribution in [3.8, 4) is 0 Å². The lowest BCUT2D eigenvalue weighted by molar-refractivity contribution is -0.0486. The molecule has 0 aromatic carbocycles. The molecular formula is C13H25NO4. The molecule has 1 atom stereocenters. The summed E-state index contributed by atoms with van der Waals surface area (Å²) in [6, 6.07) is 0. The fraction of sp³-hybridized carbons (Fsp3) is 0.769. The Morgan fingerprint density at radius 3 is 2.44 bits per heavy atom. The lowest BCUT2D eigenvalue weighted by atomic mass is 9.88. The van der Waals surface area contributed by atoms with E-state index in [0.29, 0.717) is 26.4 Å². The van der Waals surface area contributed by atoms with E-state index in [4.69, 9.17) is 14.2 Å². The van der Waals surface area contributed by atoms with Crippen LogP contribution in [-0.2, 0) is 14.2 Å². The number of rotatable bonds is 10. The number of ether oxygens (including phenoxy) is 3. The van der Waals surface area contributed by atoms with Crippen LogP contribution < -0.4 is 5.32 Å². The highest BCUT2D eigenvalue weighted by Crippen LogP contribution is 2.24. The van der Waals surface area contributed by atoms with Crippen LogP contribution in [0.4, 0.5) is 4.79 Å². The zero-order valence-corrected chi connectivity index (χ0v) is 11.7. The van der Waals surface area contributed by atoms with Gasteiger partial charge in [0.25, 0.3) is 0 Å². The smallest absolute Gasteiger partial charge is 0.406 e. The Balaban J connectivity index is 4.42. The van der Waals surface area contributed by atoms with Crippen LogP contribution in [0.5, 0.6) is 0 Å². The van der Waals surface area contributed by atoms with Crippen LogP contribution in [0.3, 0.4) is 0 Å². The summed E-state index contributed by atoms with van der Waals surface area (Å²) >= 11 is 0. The average molecular weight is 259 g/mol. The molecule has 106 valence electrons. The van der Waals surface area contributed by atoms with Crippen LogP contribution >= 0.6 is 0 Å². The number of alkyl carbamates (subject to hydrolysis) is 1. The summed E-state index contributed by atoms with van der Waals surface area (Å²) in [6.07, 6.45) is 2.06. The third-order valence-electron chi connectivity index (χ3n) is 2.72. The van der Waals surface area contributed by atoms with Crippen LogP contribution in [0.1, 0.15) is 20.3 Å². The van der Waals surface area contributed by atoms with Crippen LogP contribution in [0.25, 0.3) is 0 Å². The molecule has 0 aromatic heterocycles. The molecule has 0 radical (unpaired) electrons. The predicted octanol–water partition coefficient (Wildman–Crippen LogP) is 1.98. The molecule has 0 aliphatic rings. The second-order valence-corrected chi connectivity index (χ2v) is 4.12. The summed E-state index contributed by atoms with van der Waals surface area (Å²) < 4.78 is 16.1. The van der Waals surface area contributed by atoms with E-state index in [1.807, 2.05) is 13.8 Å². The lowest BCUT2D eigenvalue weighted by Crippen LogP contribution is -2.38. The quantitative estimate of drug-likeness (QED) is 0.481. The maximum atomic E-state index is 11.1. The Morgan fingerprint density at radius 1 is 1.28 bits per heavy atom. The van der Waals surface area contributed by atoms with Gasteiger partial charge in [-0.25, -0.2) is 4.79 Å². The molecule has 0 spiro atoms. The van der Waals surface area contributed by atoms with E-state index < -0.39 is 6.09 Å². The van der Waals surface area contributed by atoms with E-state index in [2.05, 4.69) is 11.9 Å². The van der Waals surface area contributed by atoms with Crippen LogP contribution in [0, 0.1) is 5.41 Å². The van der Waals surface area contributed by atoms with Crippen molar-refractivity contribution in [2.45, 2.75) is 20.3 Å². The standard InChI is InChI=1S/C13H25NO4/c1-5-8-17-10-13(6-2,9-16-7-3)11-18-12(15)14-4/h5H,1,6-11H2,2-4H3,(H,14,15). The average Bonchev–Trinajstić information content (AvgIpc) is 2.41. The number of amides is 1. The van der Waals surface area contributed by atoms with E-state index >= 15 is 0 Å². The Hall–Kier alpha value is -1.07. The first kappa shape index (κ1) is 16.9. The Bertz CT molecular complexity index is 245. The van der Waals surface area contributed by atoms with Gasteiger partial charge in [-0.3, -0.25) is 0 Å². The van der Waals surface area contributed by atoms with Crippen molar-refractivity contribution in [1.29, 1.82) is 0 Å². The van der Waals surface area contributed by atoms with Gasteiger partial charge in [0.2, 0.25) is 0 Å². The van der Waals surface area contributed by atoms with Gasteiger partial charge in [0.1, 0.15) is 6.61 Å². The minimum absolute atomic E-state index is 0.278. The molecule has 0 aliphatic carbocycles. The number of carbonyl (C=O) groups is 1. The molecular weight excluding hydrogens is 234 g/mol. The highest BCUT2D eigenvalue weighted by molar-refractivity contribution is 5.66. The molecule has 1 N–H and O–H groups in total. The van der Waals surface area contributed by atoms with Crippen molar-refractivity contribution in [3.63, 3.8) is 0 Å². The zero-order valence-electron chi connectivity index (χ0n) is 11.7. The third kappa shape index (κ3) is 6.61. The Kier molecular flexibility index (Phi) is 9.32. The third-order valence-corrected chi connectivity index (χ3v) is 2.72. The maximum absolute atomic E-state index is 11.1. The molecule has 18 heavy (non-hydrogen) atoms. The largest absolute Gasteiger partial charge is 0.449 e. The highest BCUT2D eigenvalue weighted by atomic mass is 16.6. The second-order valence-electron chi connectivity index (χ2n) is 4.12. The molecule has 1 amide bonds. The Labute approximate surface area is 109 Å². The summed E-state index contributed by atoms with van der Waals surface area (Å²) in [5, 5.41) is 2.43. The van der Waals surface area contributed by atoms with Gasteiger partial charge in [-0.2, -0.15) is 0 Å². The summed E-state index contributed by atoms with van der Waals surface area (Å²) in [4.78, 5) is 11.1. The van der Waals surface area contributed by atoms with Gasteiger partial charge in [0.05, 0.1) is 25.2 Å². The molecule has 0 saturated heterocycles. The summed E-state index contributed by atoms with van der Waals surface area (Å²) in [6.45, 7) is 9.94. The van der Waals surface area contributed by atoms with E-state index in [1.165, 1.54) is 7.05 Å². The fourth-order valence-corrected chi connectivity index (χ4v) is 1.40. The first-order chi connectivity index (χ1) is 8.64. The predicted molar refractivity (Wildman–Crippen MR) is 70.6 cm³/mol. The molecule has 0 aromatic rings.